The molecule has 0 aliphatic carbocycles. The van der Waals surface area contributed by atoms with Crippen molar-refractivity contribution in [1.29, 1.82) is 0 Å². The second-order valence-electron chi connectivity index (χ2n) is 9.00. The molecular weight excluding hydrogens is 434 g/mol. The number of aryl methyl sites for hydroxylation is 2. The van der Waals surface area contributed by atoms with Gasteiger partial charge in [0.1, 0.15) is 17.0 Å². The lowest BCUT2D eigenvalue weighted by Gasteiger charge is -2.47. The molecule has 2 unspecified atom stereocenters. The van der Waals surface area contributed by atoms with Crippen molar-refractivity contribution in [3.8, 4) is 11.5 Å². The first-order valence-corrected chi connectivity index (χ1v) is 11.4. The second-order valence-corrected chi connectivity index (χ2v) is 9.00. The van der Waals surface area contributed by atoms with E-state index in [1.807, 2.05) is 47.5 Å². The minimum atomic E-state index is -0.138. The third-order valence-electron chi connectivity index (χ3n) is 6.77. The number of nitrogens with one attached hydrogen (secondary N) is 1. The van der Waals surface area contributed by atoms with Crippen molar-refractivity contribution in [1.82, 2.24) is 24.2 Å². The number of carbonyl (C=O) groups is 2. The molecule has 0 radical (unpaired) electrons. The van der Waals surface area contributed by atoms with Crippen LogP contribution < -0.4 is 10.1 Å². The third-order valence-corrected chi connectivity index (χ3v) is 6.77. The molecule has 3 aliphatic heterocycles. The van der Waals surface area contributed by atoms with E-state index in [1.165, 1.54) is 0 Å². The first-order chi connectivity index (χ1) is 16.4. The molecule has 1 N–H and O–H groups in total. The number of aromatic nitrogens is 3. The van der Waals surface area contributed by atoms with Crippen LogP contribution in [-0.2, 0) is 4.74 Å². The Morgan fingerprint density at radius 1 is 1.18 bits per heavy atom. The molecule has 4 aromatic rings. The monoisotopic (exact) mass is 459 g/mol. The number of ether oxygens (including phenoxy) is 2. The normalized spacial score (nSPS) is 19.3. The average Bonchev–Trinajstić information content (AvgIpc) is 3.34. The Hall–Kier alpha value is -3.85. The highest BCUT2D eigenvalue weighted by Crippen LogP contribution is 2.33. The van der Waals surface area contributed by atoms with Gasteiger partial charge >= 0.3 is 0 Å². The molecule has 2 bridgehead atoms. The molecule has 4 aromatic heterocycles. The van der Waals surface area contributed by atoms with E-state index in [2.05, 4.69) is 10.4 Å². The zero-order valence-corrected chi connectivity index (χ0v) is 19.2. The van der Waals surface area contributed by atoms with Crippen LogP contribution in [0.15, 0.2) is 42.9 Å². The topological polar surface area (TPSA) is 89.6 Å². The summed E-state index contributed by atoms with van der Waals surface area (Å²) < 4.78 is 15.5. The zero-order chi connectivity index (χ0) is 23.6. The summed E-state index contributed by atoms with van der Waals surface area (Å²) in [6.45, 7) is 5.09. The van der Waals surface area contributed by atoms with Gasteiger partial charge in [0.05, 0.1) is 24.0 Å². The van der Waals surface area contributed by atoms with Crippen LogP contribution in [0.4, 0.5) is 0 Å². The maximum absolute atomic E-state index is 13.2. The van der Waals surface area contributed by atoms with Gasteiger partial charge in [0.25, 0.3) is 11.8 Å². The van der Waals surface area contributed by atoms with E-state index in [9.17, 15) is 9.59 Å². The minimum Gasteiger partial charge on any atom is -0.455 e. The summed E-state index contributed by atoms with van der Waals surface area (Å²) in [7, 11) is 1.62. The molecule has 0 saturated carbocycles. The number of nitrogens with zero attached hydrogens (tertiary/aromatic N) is 4. The number of amides is 2. The van der Waals surface area contributed by atoms with Crippen molar-refractivity contribution < 1.29 is 19.1 Å². The molecular formula is C25H25N5O4. The van der Waals surface area contributed by atoms with Crippen molar-refractivity contribution in [2.75, 3.05) is 20.1 Å². The molecule has 9 heteroatoms. The zero-order valence-electron chi connectivity index (χ0n) is 19.2. The first kappa shape index (κ1) is 20.7. The van der Waals surface area contributed by atoms with Crippen molar-refractivity contribution in [3.63, 3.8) is 0 Å². The van der Waals surface area contributed by atoms with Crippen LogP contribution in [0.5, 0.6) is 11.5 Å². The Kier molecular flexibility index (Phi) is 4.63. The second kappa shape index (κ2) is 7.59. The van der Waals surface area contributed by atoms with Gasteiger partial charge in [-0.25, -0.2) is 4.52 Å². The van der Waals surface area contributed by atoms with E-state index in [0.717, 1.165) is 28.6 Å². The standard InChI is InChI=1S/C25H25N5O4/c1-14-8-16-9-17(5-7-29(16)22(14)24(31)26-3)34-21-4-6-27-30-13-20(15(2)23(21)30)25(32)28-11-18-10-19(12-28)33-18/h4-9,13,18-19H,10-12H2,1-3H3,(H,26,31). The van der Waals surface area contributed by atoms with Gasteiger partial charge in [0.2, 0.25) is 0 Å². The molecule has 2 atom stereocenters. The van der Waals surface area contributed by atoms with Gasteiger partial charge < -0.3 is 24.1 Å². The quantitative estimate of drug-likeness (QED) is 0.507. The van der Waals surface area contributed by atoms with Crippen LogP contribution >= 0.6 is 0 Å². The van der Waals surface area contributed by atoms with E-state index in [1.54, 1.807) is 30.0 Å². The largest absolute Gasteiger partial charge is 0.455 e. The number of hydrogen-bond acceptors (Lipinski definition) is 5. The highest BCUT2D eigenvalue weighted by Gasteiger charge is 2.40. The average molecular weight is 460 g/mol. The maximum Gasteiger partial charge on any atom is 0.268 e. The predicted molar refractivity (Wildman–Crippen MR) is 125 cm³/mol. The van der Waals surface area contributed by atoms with Crippen molar-refractivity contribution in [3.05, 3.63) is 65.2 Å². The SMILES string of the molecule is CNC(=O)c1c(C)cc2cc(Oc3ccnn4cc(C(=O)N5CC6CC(C5)O6)c(C)c34)ccn12. The van der Waals surface area contributed by atoms with Gasteiger partial charge in [-0.05, 0) is 37.1 Å². The number of rotatable bonds is 4. The van der Waals surface area contributed by atoms with Crippen LogP contribution in [0.25, 0.3) is 11.0 Å². The van der Waals surface area contributed by atoms with E-state index in [-0.39, 0.29) is 24.0 Å². The van der Waals surface area contributed by atoms with Gasteiger partial charge in [-0.2, -0.15) is 5.10 Å². The Morgan fingerprint density at radius 3 is 2.68 bits per heavy atom. The fraction of sp³-hybridized carbons (Fsp3) is 0.320. The molecule has 0 aromatic carbocycles. The fourth-order valence-corrected chi connectivity index (χ4v) is 5.10. The number of piperidine rings is 1. The van der Waals surface area contributed by atoms with Gasteiger partial charge in [-0.15, -0.1) is 0 Å². The molecule has 3 saturated heterocycles. The number of hydrogen-bond donors (Lipinski definition) is 1. The predicted octanol–water partition coefficient (Wildman–Crippen LogP) is 2.97. The Bertz CT molecular complexity index is 1450. The lowest BCUT2D eigenvalue weighted by molar-refractivity contribution is -0.171. The third kappa shape index (κ3) is 3.15. The van der Waals surface area contributed by atoms with Crippen LogP contribution in [0, 0.1) is 13.8 Å². The summed E-state index contributed by atoms with van der Waals surface area (Å²) in [6, 6.07) is 7.46. The van der Waals surface area contributed by atoms with Crippen molar-refractivity contribution in [2.24, 2.45) is 0 Å². The van der Waals surface area contributed by atoms with Crippen LogP contribution in [0.3, 0.4) is 0 Å². The molecule has 34 heavy (non-hydrogen) atoms. The summed E-state index contributed by atoms with van der Waals surface area (Å²) >= 11 is 0. The molecule has 2 amide bonds. The number of carbonyl (C=O) groups excluding carboxylic acids is 2. The van der Waals surface area contributed by atoms with Crippen molar-refractivity contribution in [2.45, 2.75) is 32.5 Å². The van der Waals surface area contributed by atoms with E-state index in [4.69, 9.17) is 9.47 Å². The number of morpholine rings is 1. The summed E-state index contributed by atoms with van der Waals surface area (Å²) in [5.41, 5.74) is 4.54. The van der Waals surface area contributed by atoms with Gasteiger partial charge in [-0.3, -0.25) is 9.59 Å². The molecule has 3 fully saturated rings. The first-order valence-electron chi connectivity index (χ1n) is 11.4. The highest BCUT2D eigenvalue weighted by atomic mass is 16.5. The van der Waals surface area contributed by atoms with Crippen LogP contribution in [0.2, 0.25) is 0 Å². The van der Waals surface area contributed by atoms with Gasteiger partial charge in [0, 0.05) is 56.6 Å². The summed E-state index contributed by atoms with van der Waals surface area (Å²) in [6.07, 6.45) is 6.61. The molecule has 7 heterocycles. The van der Waals surface area contributed by atoms with E-state index >= 15 is 0 Å². The smallest absolute Gasteiger partial charge is 0.268 e. The molecule has 3 aliphatic rings. The lowest BCUT2D eigenvalue weighted by Crippen LogP contribution is -2.58. The highest BCUT2D eigenvalue weighted by molar-refractivity contribution is 5.98. The van der Waals surface area contributed by atoms with Gasteiger partial charge in [-0.1, -0.05) is 0 Å². The van der Waals surface area contributed by atoms with Crippen molar-refractivity contribution >= 4 is 22.8 Å². The molecule has 0 spiro atoms. The van der Waals surface area contributed by atoms with Crippen LogP contribution in [0.1, 0.15) is 38.4 Å². The Balaban J connectivity index is 1.34. The molecule has 174 valence electrons. The minimum absolute atomic E-state index is 0.00115. The van der Waals surface area contributed by atoms with E-state index in [0.29, 0.717) is 35.8 Å². The van der Waals surface area contributed by atoms with Crippen LogP contribution in [-0.4, -0.2) is 63.1 Å². The Morgan fingerprint density at radius 2 is 1.94 bits per heavy atom. The maximum atomic E-state index is 13.2. The van der Waals surface area contributed by atoms with Gasteiger partial charge in [0.15, 0.2) is 5.75 Å². The fourth-order valence-electron chi connectivity index (χ4n) is 5.10. The summed E-state index contributed by atoms with van der Waals surface area (Å²) in [5.74, 6) is 1.10. The summed E-state index contributed by atoms with van der Waals surface area (Å²) in [5, 5.41) is 7.08. The molecule has 9 nitrogen and oxygen atoms in total. The Labute approximate surface area is 195 Å². The number of pyridine rings is 1. The lowest BCUT2D eigenvalue weighted by atomic mass is 9.98. The number of fused-ring (bicyclic) bond motifs is 4. The summed E-state index contributed by atoms with van der Waals surface area (Å²) in [4.78, 5) is 27.4. The van der Waals surface area contributed by atoms with E-state index < -0.39 is 0 Å². The molecule has 7 rings (SSSR count).